The Labute approximate surface area is 123 Å². The first-order valence-corrected chi connectivity index (χ1v) is 6.98. The molecule has 21 heavy (non-hydrogen) atoms. The number of fused-ring (bicyclic) bond motifs is 1. The molecular weight excluding hydrogens is 268 g/mol. The van der Waals surface area contributed by atoms with E-state index in [0.29, 0.717) is 26.2 Å². The van der Waals surface area contributed by atoms with E-state index in [1.54, 1.807) is 6.20 Å². The van der Waals surface area contributed by atoms with Crippen molar-refractivity contribution >= 4 is 6.03 Å². The van der Waals surface area contributed by atoms with Crippen LogP contribution in [0.15, 0.2) is 42.7 Å². The molecule has 0 saturated carbocycles. The minimum Gasteiger partial charge on any atom is -0.367 e. The van der Waals surface area contributed by atoms with Crippen LogP contribution in [0.1, 0.15) is 11.4 Å². The van der Waals surface area contributed by atoms with Crippen LogP contribution in [0.3, 0.4) is 0 Å². The van der Waals surface area contributed by atoms with Gasteiger partial charge in [-0.1, -0.05) is 30.3 Å². The van der Waals surface area contributed by atoms with Crippen molar-refractivity contribution in [1.82, 2.24) is 20.2 Å². The quantitative estimate of drug-likeness (QED) is 0.889. The topological polar surface area (TPSA) is 68.2 Å². The third-order valence-electron chi connectivity index (χ3n) is 3.44. The molecule has 1 aliphatic heterocycles. The molecule has 1 unspecified atom stereocenters. The molecule has 110 valence electrons. The molecule has 1 aromatic heterocycles. The number of ether oxygens (including phenoxy) is 1. The fourth-order valence-corrected chi connectivity index (χ4v) is 2.28. The average molecular weight is 286 g/mol. The Morgan fingerprint density at radius 3 is 3.05 bits per heavy atom. The molecule has 6 nitrogen and oxygen atoms in total. The minimum absolute atomic E-state index is 0.0193. The number of rotatable bonds is 4. The van der Waals surface area contributed by atoms with Crippen LogP contribution in [0.2, 0.25) is 0 Å². The van der Waals surface area contributed by atoms with Gasteiger partial charge in [-0.25, -0.2) is 9.78 Å². The Balaban J connectivity index is 1.40. The van der Waals surface area contributed by atoms with Crippen molar-refractivity contribution in [1.29, 1.82) is 0 Å². The van der Waals surface area contributed by atoms with Crippen LogP contribution in [0, 0.1) is 0 Å². The number of aromatic nitrogens is 2. The van der Waals surface area contributed by atoms with Gasteiger partial charge in [0.1, 0.15) is 12.4 Å². The summed E-state index contributed by atoms with van der Waals surface area (Å²) < 4.78 is 7.70. The van der Waals surface area contributed by atoms with Crippen LogP contribution in [-0.2, 0) is 24.4 Å². The zero-order valence-electron chi connectivity index (χ0n) is 11.7. The van der Waals surface area contributed by atoms with Crippen molar-refractivity contribution in [2.45, 2.75) is 25.8 Å². The lowest BCUT2D eigenvalue weighted by molar-refractivity contribution is 0.00444. The number of nitrogens with one attached hydrogen (secondary N) is 2. The van der Waals surface area contributed by atoms with Crippen LogP contribution < -0.4 is 10.6 Å². The molecule has 0 aliphatic carbocycles. The number of nitrogens with zero attached hydrogens (tertiary/aromatic N) is 2. The highest BCUT2D eigenvalue weighted by Gasteiger charge is 2.19. The molecule has 0 saturated heterocycles. The number of carbonyl (C=O) groups excluding carboxylic acids is 1. The summed E-state index contributed by atoms with van der Waals surface area (Å²) in [5.41, 5.74) is 1.07. The van der Waals surface area contributed by atoms with Crippen molar-refractivity contribution in [3.8, 4) is 0 Å². The number of hydrogen-bond donors (Lipinski definition) is 2. The minimum atomic E-state index is -0.182. The monoisotopic (exact) mass is 286 g/mol. The maximum atomic E-state index is 11.8. The second kappa shape index (κ2) is 6.41. The van der Waals surface area contributed by atoms with Gasteiger partial charge >= 0.3 is 6.03 Å². The summed E-state index contributed by atoms with van der Waals surface area (Å²) >= 11 is 0. The molecule has 2 aromatic rings. The van der Waals surface area contributed by atoms with Gasteiger partial charge in [0.15, 0.2) is 0 Å². The van der Waals surface area contributed by atoms with Gasteiger partial charge in [-0.2, -0.15) is 0 Å². The third-order valence-corrected chi connectivity index (χ3v) is 3.44. The van der Waals surface area contributed by atoms with E-state index in [1.165, 1.54) is 0 Å². The van der Waals surface area contributed by atoms with E-state index >= 15 is 0 Å². The predicted octanol–water partition coefficient (Wildman–Crippen LogP) is 1.28. The molecule has 2 N–H and O–H groups in total. The van der Waals surface area contributed by atoms with Gasteiger partial charge in [-0.3, -0.25) is 0 Å². The standard InChI is InChI=1S/C15H18N4O2/c20-15(17-8-12-4-2-1-3-5-12)18-9-13-10-19-7-6-16-14(19)11-21-13/h1-7,13H,8-11H2,(H2,17,18,20). The lowest BCUT2D eigenvalue weighted by Crippen LogP contribution is -2.42. The predicted molar refractivity (Wildman–Crippen MR) is 77.5 cm³/mol. The van der Waals surface area contributed by atoms with Crippen LogP contribution in [-0.4, -0.2) is 28.2 Å². The zero-order chi connectivity index (χ0) is 14.5. The summed E-state index contributed by atoms with van der Waals surface area (Å²) in [6, 6.07) is 9.63. The zero-order valence-corrected chi connectivity index (χ0v) is 11.7. The van der Waals surface area contributed by atoms with Crippen molar-refractivity contribution in [2.24, 2.45) is 0 Å². The summed E-state index contributed by atoms with van der Waals surface area (Å²) in [6.45, 7) is 2.21. The van der Waals surface area contributed by atoms with Crippen molar-refractivity contribution in [2.75, 3.05) is 6.54 Å². The van der Waals surface area contributed by atoms with Gasteiger partial charge < -0.3 is 19.9 Å². The number of hydrogen-bond acceptors (Lipinski definition) is 3. The van der Waals surface area contributed by atoms with E-state index in [9.17, 15) is 4.79 Å². The lowest BCUT2D eigenvalue weighted by atomic mass is 10.2. The van der Waals surface area contributed by atoms with Crippen molar-refractivity contribution in [3.05, 3.63) is 54.1 Å². The number of urea groups is 1. The summed E-state index contributed by atoms with van der Waals surface area (Å²) in [6.07, 6.45) is 3.68. The maximum Gasteiger partial charge on any atom is 0.315 e. The Morgan fingerprint density at radius 1 is 1.33 bits per heavy atom. The fourth-order valence-electron chi connectivity index (χ4n) is 2.28. The molecule has 1 aromatic carbocycles. The summed E-state index contributed by atoms with van der Waals surface area (Å²) in [4.78, 5) is 15.9. The van der Waals surface area contributed by atoms with Crippen molar-refractivity contribution in [3.63, 3.8) is 0 Å². The van der Waals surface area contributed by atoms with Crippen LogP contribution in [0.25, 0.3) is 0 Å². The maximum absolute atomic E-state index is 11.8. The normalized spacial score (nSPS) is 17.0. The number of imidazole rings is 1. The van der Waals surface area contributed by atoms with Gasteiger partial charge in [0.2, 0.25) is 0 Å². The highest BCUT2D eigenvalue weighted by Crippen LogP contribution is 2.11. The lowest BCUT2D eigenvalue weighted by Gasteiger charge is -2.24. The molecule has 2 amide bonds. The highest BCUT2D eigenvalue weighted by molar-refractivity contribution is 5.73. The van der Waals surface area contributed by atoms with Crippen molar-refractivity contribution < 1.29 is 9.53 Å². The Hall–Kier alpha value is -2.34. The fraction of sp³-hybridized carbons (Fsp3) is 0.333. The van der Waals surface area contributed by atoms with E-state index in [2.05, 4.69) is 20.2 Å². The van der Waals surface area contributed by atoms with E-state index in [-0.39, 0.29) is 12.1 Å². The van der Waals surface area contributed by atoms with E-state index in [4.69, 9.17) is 4.74 Å². The van der Waals surface area contributed by atoms with Crippen LogP contribution >= 0.6 is 0 Å². The molecule has 2 heterocycles. The number of benzene rings is 1. The number of amides is 2. The van der Waals surface area contributed by atoms with Crippen LogP contribution in [0.5, 0.6) is 0 Å². The average Bonchev–Trinajstić information content (AvgIpc) is 2.99. The molecule has 3 rings (SSSR count). The highest BCUT2D eigenvalue weighted by atomic mass is 16.5. The van der Waals surface area contributed by atoms with Gasteiger partial charge in [0.05, 0.1) is 12.6 Å². The summed E-state index contributed by atoms with van der Waals surface area (Å²) in [5.74, 6) is 0.930. The second-order valence-electron chi connectivity index (χ2n) is 4.98. The Kier molecular flexibility index (Phi) is 4.16. The SMILES string of the molecule is O=C(NCc1ccccc1)NCC1Cn2ccnc2CO1. The molecule has 0 spiro atoms. The molecule has 1 aliphatic rings. The molecule has 6 heteroatoms. The second-order valence-corrected chi connectivity index (χ2v) is 4.98. The van der Waals surface area contributed by atoms with E-state index in [0.717, 1.165) is 11.4 Å². The molecule has 0 bridgehead atoms. The van der Waals surface area contributed by atoms with E-state index < -0.39 is 0 Å². The smallest absolute Gasteiger partial charge is 0.315 e. The van der Waals surface area contributed by atoms with Gasteiger partial charge in [0.25, 0.3) is 0 Å². The summed E-state index contributed by atoms with van der Waals surface area (Å²) in [7, 11) is 0. The first-order valence-electron chi connectivity index (χ1n) is 6.98. The third kappa shape index (κ3) is 3.61. The molecule has 1 atom stereocenters. The van der Waals surface area contributed by atoms with Crippen LogP contribution in [0.4, 0.5) is 4.79 Å². The molecule has 0 fully saturated rings. The Morgan fingerprint density at radius 2 is 2.19 bits per heavy atom. The van der Waals surface area contributed by atoms with E-state index in [1.807, 2.05) is 36.5 Å². The van der Waals surface area contributed by atoms with Gasteiger partial charge in [0, 0.05) is 25.5 Å². The number of carbonyl (C=O) groups is 1. The largest absolute Gasteiger partial charge is 0.367 e. The molecule has 0 radical (unpaired) electrons. The first kappa shape index (κ1) is 13.6. The first-order chi connectivity index (χ1) is 10.3. The van der Waals surface area contributed by atoms with Gasteiger partial charge in [-0.05, 0) is 5.56 Å². The Bertz CT molecular complexity index is 597. The molecular formula is C15H18N4O2. The van der Waals surface area contributed by atoms with Gasteiger partial charge in [-0.15, -0.1) is 0 Å². The summed E-state index contributed by atoms with van der Waals surface area (Å²) in [5, 5.41) is 5.66.